The Hall–Kier alpha value is -2.89. The predicted molar refractivity (Wildman–Crippen MR) is 84.5 cm³/mol. The van der Waals surface area contributed by atoms with Crippen molar-refractivity contribution in [3.8, 4) is 17.0 Å². The van der Waals surface area contributed by atoms with E-state index in [0.29, 0.717) is 34.7 Å². The molecule has 0 atom stereocenters. The first kappa shape index (κ1) is 15.0. The summed E-state index contributed by atoms with van der Waals surface area (Å²) in [5, 5.41) is 4.48. The molecule has 0 fully saturated rings. The van der Waals surface area contributed by atoms with E-state index < -0.39 is 5.97 Å². The quantitative estimate of drug-likeness (QED) is 0.687. The summed E-state index contributed by atoms with van der Waals surface area (Å²) in [6.45, 7) is 3.83. The minimum absolute atomic E-state index is 0.296. The maximum absolute atomic E-state index is 12.3. The minimum atomic E-state index is -0.416. The number of fused-ring (bicyclic) bond motifs is 1. The van der Waals surface area contributed by atoms with Gasteiger partial charge in [0.1, 0.15) is 5.75 Å². The molecule has 23 heavy (non-hydrogen) atoms. The molecule has 0 saturated carbocycles. The van der Waals surface area contributed by atoms with E-state index >= 15 is 0 Å². The van der Waals surface area contributed by atoms with Crippen molar-refractivity contribution in [3.63, 3.8) is 0 Å². The van der Waals surface area contributed by atoms with Crippen LogP contribution in [0.3, 0.4) is 0 Å². The van der Waals surface area contributed by atoms with Gasteiger partial charge in [-0.1, -0.05) is 5.16 Å². The van der Waals surface area contributed by atoms with Crippen LogP contribution in [0.4, 0.5) is 0 Å². The van der Waals surface area contributed by atoms with Gasteiger partial charge in [0.05, 0.1) is 36.1 Å². The van der Waals surface area contributed by atoms with Crippen molar-refractivity contribution >= 4 is 17.1 Å². The number of hydrogen-bond donors (Lipinski definition) is 0. The van der Waals surface area contributed by atoms with Crippen molar-refractivity contribution in [2.24, 2.45) is 0 Å². The molecule has 0 aliphatic heterocycles. The Morgan fingerprint density at radius 1 is 1.26 bits per heavy atom. The molecule has 0 N–H and O–H groups in total. The summed E-state index contributed by atoms with van der Waals surface area (Å²) in [5.41, 5.74) is 2.78. The number of benzene rings is 1. The molecule has 6 heteroatoms. The predicted octanol–water partition coefficient (Wildman–Crippen LogP) is 3.38. The third-order valence-electron chi connectivity index (χ3n) is 3.50. The van der Waals surface area contributed by atoms with Crippen LogP contribution >= 0.6 is 0 Å². The van der Waals surface area contributed by atoms with Crippen LogP contribution in [-0.4, -0.2) is 29.8 Å². The third-order valence-corrected chi connectivity index (χ3v) is 3.50. The van der Waals surface area contributed by atoms with Crippen LogP contribution in [0.1, 0.15) is 23.0 Å². The maximum Gasteiger partial charge on any atom is 0.339 e. The van der Waals surface area contributed by atoms with Gasteiger partial charge in [-0.05, 0) is 44.2 Å². The smallest absolute Gasteiger partial charge is 0.339 e. The lowest BCUT2D eigenvalue weighted by molar-refractivity contribution is 0.0528. The van der Waals surface area contributed by atoms with Crippen LogP contribution < -0.4 is 4.74 Å². The molecule has 1 aromatic carbocycles. The average molecular weight is 312 g/mol. The number of methoxy groups -OCH3 is 1. The molecule has 0 radical (unpaired) electrons. The first-order valence-corrected chi connectivity index (χ1v) is 7.22. The molecule has 118 valence electrons. The number of rotatable bonds is 4. The van der Waals surface area contributed by atoms with Crippen LogP contribution in [0.5, 0.6) is 5.75 Å². The van der Waals surface area contributed by atoms with Crippen LogP contribution in [0.2, 0.25) is 0 Å². The lowest BCUT2D eigenvalue weighted by Gasteiger charge is -2.07. The summed E-state index contributed by atoms with van der Waals surface area (Å²) in [4.78, 5) is 16.7. The summed E-state index contributed by atoms with van der Waals surface area (Å²) >= 11 is 0. The van der Waals surface area contributed by atoms with Gasteiger partial charge in [0.2, 0.25) is 0 Å². The molecule has 2 heterocycles. The highest BCUT2D eigenvalue weighted by atomic mass is 16.5. The molecule has 0 saturated heterocycles. The van der Waals surface area contributed by atoms with Gasteiger partial charge in [0, 0.05) is 5.56 Å². The fourth-order valence-corrected chi connectivity index (χ4v) is 2.37. The van der Waals surface area contributed by atoms with E-state index in [2.05, 4.69) is 10.1 Å². The monoisotopic (exact) mass is 312 g/mol. The fourth-order valence-electron chi connectivity index (χ4n) is 2.37. The Labute approximate surface area is 133 Å². The number of carbonyl (C=O) groups excluding carboxylic acids is 1. The Morgan fingerprint density at radius 2 is 2.00 bits per heavy atom. The van der Waals surface area contributed by atoms with Crippen molar-refractivity contribution in [3.05, 3.63) is 41.6 Å². The van der Waals surface area contributed by atoms with Crippen molar-refractivity contribution in [2.75, 3.05) is 13.7 Å². The van der Waals surface area contributed by atoms with E-state index in [1.54, 1.807) is 27.0 Å². The molecule has 0 aliphatic carbocycles. The van der Waals surface area contributed by atoms with Crippen LogP contribution in [0.15, 0.2) is 34.9 Å². The molecule has 6 nitrogen and oxygen atoms in total. The van der Waals surface area contributed by atoms with E-state index in [1.165, 1.54) is 0 Å². The van der Waals surface area contributed by atoms with Gasteiger partial charge in [-0.15, -0.1) is 0 Å². The first-order valence-electron chi connectivity index (χ1n) is 7.22. The molecular formula is C17H16N2O4. The van der Waals surface area contributed by atoms with E-state index in [0.717, 1.165) is 11.3 Å². The number of carbonyl (C=O) groups is 1. The van der Waals surface area contributed by atoms with Gasteiger partial charge < -0.3 is 14.0 Å². The Morgan fingerprint density at radius 3 is 2.65 bits per heavy atom. The number of nitrogens with zero attached hydrogens (tertiary/aromatic N) is 2. The van der Waals surface area contributed by atoms with Gasteiger partial charge in [0.25, 0.3) is 5.71 Å². The number of aryl methyl sites for hydroxylation is 1. The van der Waals surface area contributed by atoms with Crippen molar-refractivity contribution in [1.82, 2.24) is 10.1 Å². The van der Waals surface area contributed by atoms with Crippen molar-refractivity contribution in [2.45, 2.75) is 13.8 Å². The third kappa shape index (κ3) is 2.75. The van der Waals surface area contributed by atoms with Gasteiger partial charge in [-0.25, -0.2) is 9.78 Å². The van der Waals surface area contributed by atoms with Gasteiger partial charge >= 0.3 is 5.97 Å². The SMILES string of the molecule is CCOC(=O)c1cc(-c2ccc(OC)cc2)nc2onc(C)c12. The van der Waals surface area contributed by atoms with Crippen molar-refractivity contribution < 1.29 is 18.8 Å². The summed E-state index contributed by atoms with van der Waals surface area (Å²) < 4.78 is 15.5. The second-order valence-corrected chi connectivity index (χ2v) is 4.95. The number of ether oxygens (including phenoxy) is 2. The van der Waals surface area contributed by atoms with Crippen LogP contribution in [-0.2, 0) is 4.74 Å². The zero-order chi connectivity index (χ0) is 16.4. The summed E-state index contributed by atoms with van der Waals surface area (Å²) in [6.07, 6.45) is 0. The number of esters is 1. The summed E-state index contributed by atoms with van der Waals surface area (Å²) in [5.74, 6) is 0.330. The summed E-state index contributed by atoms with van der Waals surface area (Å²) in [7, 11) is 1.61. The lowest BCUT2D eigenvalue weighted by Crippen LogP contribution is -2.06. The summed E-state index contributed by atoms with van der Waals surface area (Å²) in [6, 6.07) is 9.09. The first-order chi connectivity index (χ1) is 11.1. The van der Waals surface area contributed by atoms with Crippen LogP contribution in [0, 0.1) is 6.92 Å². The topological polar surface area (TPSA) is 74.5 Å². The highest BCUT2D eigenvalue weighted by Crippen LogP contribution is 2.28. The second-order valence-electron chi connectivity index (χ2n) is 4.95. The fraction of sp³-hybridized carbons (Fsp3) is 0.235. The lowest BCUT2D eigenvalue weighted by atomic mass is 10.1. The molecule has 0 amide bonds. The molecule has 0 bridgehead atoms. The number of aromatic nitrogens is 2. The zero-order valence-corrected chi connectivity index (χ0v) is 13.1. The average Bonchev–Trinajstić information content (AvgIpc) is 2.95. The van der Waals surface area contributed by atoms with E-state index in [1.807, 2.05) is 24.3 Å². The van der Waals surface area contributed by atoms with E-state index in [-0.39, 0.29) is 0 Å². The molecule has 0 aliphatic rings. The molecule has 0 spiro atoms. The highest BCUT2D eigenvalue weighted by Gasteiger charge is 2.20. The molecule has 3 aromatic rings. The van der Waals surface area contributed by atoms with Gasteiger partial charge in [-0.2, -0.15) is 0 Å². The largest absolute Gasteiger partial charge is 0.497 e. The van der Waals surface area contributed by atoms with Gasteiger partial charge in [0.15, 0.2) is 0 Å². The number of pyridine rings is 1. The molecule has 0 unspecified atom stereocenters. The Balaban J connectivity index is 2.16. The standard InChI is InChI=1S/C17H16N2O4/c1-4-22-17(20)13-9-14(11-5-7-12(21-3)8-6-11)18-16-15(13)10(2)19-23-16/h5-9H,4H2,1-3H3. The highest BCUT2D eigenvalue weighted by molar-refractivity contribution is 6.04. The van der Waals surface area contributed by atoms with E-state index in [9.17, 15) is 4.79 Å². The Bertz CT molecular complexity index is 853. The van der Waals surface area contributed by atoms with Gasteiger partial charge in [-0.3, -0.25) is 0 Å². The molecular weight excluding hydrogens is 296 g/mol. The zero-order valence-electron chi connectivity index (χ0n) is 13.1. The molecule has 2 aromatic heterocycles. The molecule has 3 rings (SSSR count). The number of hydrogen-bond acceptors (Lipinski definition) is 6. The van der Waals surface area contributed by atoms with Crippen molar-refractivity contribution in [1.29, 1.82) is 0 Å². The van der Waals surface area contributed by atoms with E-state index in [4.69, 9.17) is 14.0 Å². The Kier molecular flexibility index (Phi) is 3.97. The second kappa shape index (κ2) is 6.08. The normalized spacial score (nSPS) is 10.7. The van der Waals surface area contributed by atoms with Crippen LogP contribution in [0.25, 0.3) is 22.4 Å². The minimum Gasteiger partial charge on any atom is -0.497 e. The maximum atomic E-state index is 12.3.